The SMILES string of the molecule is NCCCC[C@H](NC(=O)OC(N[C@H](Cc1c[nH]c2ccccc12)C(=O)O)c1ccccc1)C(=O)O. The van der Waals surface area contributed by atoms with Gasteiger partial charge in [0.1, 0.15) is 12.1 Å². The fourth-order valence-corrected chi connectivity index (χ4v) is 3.78. The Morgan fingerprint density at radius 2 is 1.63 bits per heavy atom. The number of hydrogen-bond acceptors (Lipinski definition) is 6. The molecule has 3 rings (SSSR count). The molecule has 3 atom stereocenters. The third-order valence-corrected chi connectivity index (χ3v) is 5.61. The molecule has 10 heteroatoms. The standard InChI is InChI=1S/C25H30N4O6/c26-13-7-6-12-20(23(30)31)29-25(34)35-22(16-8-2-1-3-9-16)28-21(24(32)33)14-17-15-27-19-11-5-4-10-18(17)19/h1-5,8-11,15,20-22,27-28H,6-7,12-14,26H2,(H,29,34)(H,30,31)(H,32,33)/t20-,21+,22?/m0/s1. The summed E-state index contributed by atoms with van der Waals surface area (Å²) >= 11 is 0. The van der Waals surface area contributed by atoms with E-state index in [1.54, 1.807) is 36.5 Å². The Kier molecular flexibility index (Phi) is 9.22. The Balaban J connectivity index is 1.76. The van der Waals surface area contributed by atoms with E-state index in [9.17, 15) is 24.6 Å². The number of nitrogens with two attached hydrogens (primary N) is 1. The third-order valence-electron chi connectivity index (χ3n) is 5.61. The van der Waals surface area contributed by atoms with E-state index in [2.05, 4.69) is 15.6 Å². The number of carbonyl (C=O) groups excluding carboxylic acids is 1. The number of benzene rings is 2. The predicted molar refractivity (Wildman–Crippen MR) is 130 cm³/mol. The number of aromatic nitrogens is 1. The second-order valence-electron chi connectivity index (χ2n) is 8.14. The highest BCUT2D eigenvalue weighted by Crippen LogP contribution is 2.21. The average molecular weight is 483 g/mol. The largest absolute Gasteiger partial charge is 0.480 e. The molecule has 10 nitrogen and oxygen atoms in total. The van der Waals surface area contributed by atoms with Crippen molar-refractivity contribution in [1.82, 2.24) is 15.6 Å². The summed E-state index contributed by atoms with van der Waals surface area (Å²) in [5.41, 5.74) is 7.65. The molecule has 0 saturated heterocycles. The number of alkyl carbamates (subject to hydrolysis) is 1. The molecular weight excluding hydrogens is 452 g/mol. The number of unbranched alkanes of at least 4 members (excludes halogenated alkanes) is 1. The van der Waals surface area contributed by atoms with Crippen LogP contribution in [0.3, 0.4) is 0 Å². The smallest absolute Gasteiger partial charge is 0.409 e. The van der Waals surface area contributed by atoms with Crippen molar-refractivity contribution in [2.45, 2.75) is 44.0 Å². The van der Waals surface area contributed by atoms with Crippen LogP contribution in [0.5, 0.6) is 0 Å². The van der Waals surface area contributed by atoms with Crippen molar-refractivity contribution in [2.75, 3.05) is 6.54 Å². The van der Waals surface area contributed by atoms with Gasteiger partial charge in [0.2, 0.25) is 0 Å². The highest BCUT2D eigenvalue weighted by molar-refractivity contribution is 5.84. The van der Waals surface area contributed by atoms with Gasteiger partial charge >= 0.3 is 18.0 Å². The van der Waals surface area contributed by atoms with Crippen molar-refractivity contribution in [3.8, 4) is 0 Å². The number of ether oxygens (including phenoxy) is 1. The Bertz CT molecular complexity index is 1130. The van der Waals surface area contributed by atoms with Crippen LogP contribution in [0.1, 0.15) is 36.6 Å². The van der Waals surface area contributed by atoms with Gasteiger partial charge in [-0.3, -0.25) is 10.1 Å². The average Bonchev–Trinajstić information content (AvgIpc) is 3.25. The van der Waals surface area contributed by atoms with Crippen LogP contribution in [0, 0.1) is 0 Å². The van der Waals surface area contributed by atoms with Gasteiger partial charge < -0.3 is 31.0 Å². The molecule has 0 aliphatic carbocycles. The number of carbonyl (C=O) groups is 3. The molecule has 7 N–H and O–H groups in total. The fraction of sp³-hybridized carbons (Fsp3) is 0.320. The van der Waals surface area contributed by atoms with E-state index in [1.165, 1.54) is 0 Å². The zero-order valence-corrected chi connectivity index (χ0v) is 19.1. The van der Waals surface area contributed by atoms with E-state index in [0.717, 1.165) is 16.5 Å². The first kappa shape index (κ1) is 25.7. The molecule has 0 aliphatic heterocycles. The quantitative estimate of drug-likeness (QED) is 0.160. The molecule has 2 aromatic carbocycles. The van der Waals surface area contributed by atoms with Gasteiger partial charge in [-0.2, -0.15) is 0 Å². The van der Waals surface area contributed by atoms with Gasteiger partial charge in [-0.25, -0.2) is 9.59 Å². The number of rotatable bonds is 13. The second kappa shape index (κ2) is 12.5. The van der Waals surface area contributed by atoms with Crippen LogP contribution in [0.15, 0.2) is 60.8 Å². The van der Waals surface area contributed by atoms with E-state index in [0.29, 0.717) is 24.9 Å². The molecule has 186 valence electrons. The molecular formula is C25H30N4O6. The minimum absolute atomic E-state index is 0.129. The monoisotopic (exact) mass is 482 g/mol. The van der Waals surface area contributed by atoms with Crippen LogP contribution in [0.4, 0.5) is 4.79 Å². The van der Waals surface area contributed by atoms with Crippen LogP contribution >= 0.6 is 0 Å². The molecule has 1 aromatic heterocycles. The molecule has 1 unspecified atom stereocenters. The number of aromatic amines is 1. The summed E-state index contributed by atoms with van der Waals surface area (Å²) in [5, 5.41) is 25.5. The van der Waals surface area contributed by atoms with Crippen molar-refractivity contribution < 1.29 is 29.3 Å². The Hall–Kier alpha value is -3.89. The summed E-state index contributed by atoms with van der Waals surface area (Å²) in [7, 11) is 0. The van der Waals surface area contributed by atoms with Gasteiger partial charge in [0, 0.05) is 29.1 Å². The van der Waals surface area contributed by atoms with Gasteiger partial charge in [0.15, 0.2) is 6.23 Å². The molecule has 35 heavy (non-hydrogen) atoms. The van der Waals surface area contributed by atoms with Gasteiger partial charge in [-0.15, -0.1) is 0 Å². The zero-order valence-electron chi connectivity index (χ0n) is 19.1. The van der Waals surface area contributed by atoms with Crippen molar-refractivity contribution >= 4 is 28.9 Å². The number of amides is 1. The summed E-state index contributed by atoms with van der Waals surface area (Å²) < 4.78 is 5.49. The summed E-state index contributed by atoms with van der Waals surface area (Å²) in [6.45, 7) is 0.420. The van der Waals surface area contributed by atoms with Gasteiger partial charge in [0.25, 0.3) is 0 Å². The topological polar surface area (TPSA) is 167 Å². The van der Waals surface area contributed by atoms with Gasteiger partial charge in [-0.05, 0) is 37.4 Å². The molecule has 3 aromatic rings. The molecule has 0 bridgehead atoms. The summed E-state index contributed by atoms with van der Waals surface area (Å²) in [5.74, 6) is -2.31. The molecule has 0 spiro atoms. The lowest BCUT2D eigenvalue weighted by Gasteiger charge is -2.25. The maximum atomic E-state index is 12.6. The number of para-hydroxylation sites is 1. The van der Waals surface area contributed by atoms with Crippen LogP contribution in [0.2, 0.25) is 0 Å². The van der Waals surface area contributed by atoms with Crippen molar-refractivity contribution in [3.63, 3.8) is 0 Å². The van der Waals surface area contributed by atoms with Gasteiger partial charge in [0.05, 0.1) is 0 Å². The predicted octanol–water partition coefficient (Wildman–Crippen LogP) is 2.76. The van der Waals surface area contributed by atoms with Crippen LogP contribution < -0.4 is 16.4 Å². The molecule has 0 radical (unpaired) electrons. The van der Waals surface area contributed by atoms with Crippen LogP contribution in [0.25, 0.3) is 10.9 Å². The van der Waals surface area contributed by atoms with Crippen molar-refractivity contribution in [1.29, 1.82) is 0 Å². The highest BCUT2D eigenvalue weighted by atomic mass is 16.6. The Morgan fingerprint density at radius 3 is 2.31 bits per heavy atom. The number of carboxylic acid groups (broad SMARTS) is 2. The molecule has 1 amide bonds. The first-order valence-corrected chi connectivity index (χ1v) is 11.4. The third kappa shape index (κ3) is 7.29. The Morgan fingerprint density at radius 1 is 0.943 bits per heavy atom. The first-order valence-electron chi connectivity index (χ1n) is 11.4. The lowest BCUT2D eigenvalue weighted by atomic mass is 10.0. The molecule has 1 heterocycles. The zero-order chi connectivity index (χ0) is 25.2. The normalized spacial score (nSPS) is 13.6. The van der Waals surface area contributed by atoms with Gasteiger partial charge in [-0.1, -0.05) is 48.5 Å². The van der Waals surface area contributed by atoms with E-state index in [4.69, 9.17) is 10.5 Å². The summed E-state index contributed by atoms with van der Waals surface area (Å²) in [6.07, 6.45) is 1.15. The van der Waals surface area contributed by atoms with E-state index >= 15 is 0 Å². The number of carboxylic acids is 2. The van der Waals surface area contributed by atoms with E-state index in [1.807, 2.05) is 24.3 Å². The number of hydrogen-bond donors (Lipinski definition) is 6. The van der Waals surface area contributed by atoms with E-state index < -0.39 is 36.3 Å². The van der Waals surface area contributed by atoms with Crippen molar-refractivity contribution in [2.24, 2.45) is 5.73 Å². The van der Waals surface area contributed by atoms with Crippen molar-refractivity contribution in [3.05, 3.63) is 71.9 Å². The second-order valence-corrected chi connectivity index (χ2v) is 8.14. The number of H-pyrrole nitrogens is 1. The molecule has 0 aliphatic rings. The lowest BCUT2D eigenvalue weighted by Crippen LogP contribution is -2.46. The highest BCUT2D eigenvalue weighted by Gasteiger charge is 2.28. The fourth-order valence-electron chi connectivity index (χ4n) is 3.78. The maximum absolute atomic E-state index is 12.6. The number of fused-ring (bicyclic) bond motifs is 1. The number of nitrogens with one attached hydrogen (secondary N) is 3. The Labute approximate surface area is 202 Å². The minimum Gasteiger partial charge on any atom is -0.480 e. The molecule has 0 fully saturated rings. The van der Waals surface area contributed by atoms with Crippen LogP contribution in [-0.4, -0.2) is 51.9 Å². The summed E-state index contributed by atoms with van der Waals surface area (Å²) in [4.78, 5) is 39.4. The van der Waals surface area contributed by atoms with E-state index in [-0.39, 0.29) is 12.8 Å². The van der Waals surface area contributed by atoms with Crippen LogP contribution in [-0.2, 0) is 20.7 Å². The lowest BCUT2D eigenvalue weighted by molar-refractivity contribution is -0.140. The maximum Gasteiger partial charge on any atom is 0.409 e. The first-order chi connectivity index (χ1) is 16.9. The summed E-state index contributed by atoms with van der Waals surface area (Å²) in [6, 6.07) is 13.9. The minimum atomic E-state index is -1.19. The number of aliphatic carboxylic acids is 2. The molecule has 0 saturated carbocycles.